The highest BCUT2D eigenvalue weighted by molar-refractivity contribution is 5.81. The zero-order valence-corrected chi connectivity index (χ0v) is 6.52. The van der Waals surface area contributed by atoms with Crippen molar-refractivity contribution in [2.75, 3.05) is 13.1 Å². The molecule has 2 N–H and O–H groups in total. The van der Waals surface area contributed by atoms with Gasteiger partial charge >= 0.3 is 0 Å². The molecule has 0 saturated carbocycles. The van der Waals surface area contributed by atoms with Crippen LogP contribution in [-0.2, 0) is 9.59 Å². The highest BCUT2D eigenvalue weighted by atomic mass is 16.2. The molecule has 62 valence electrons. The Morgan fingerprint density at radius 3 is 3.00 bits per heavy atom. The molecule has 0 radical (unpaired) electrons. The van der Waals surface area contributed by atoms with E-state index in [4.69, 9.17) is 0 Å². The number of nitrogens with one attached hydrogen (secondary N) is 2. The SMILES string of the molecule is CC(=O)NCC1CCNC1=O. The molecule has 1 heterocycles. The molecule has 1 fully saturated rings. The fraction of sp³-hybridized carbons (Fsp3) is 0.714. The van der Waals surface area contributed by atoms with E-state index in [0.29, 0.717) is 6.54 Å². The van der Waals surface area contributed by atoms with Gasteiger partial charge in [-0.05, 0) is 6.42 Å². The molecule has 1 atom stereocenters. The van der Waals surface area contributed by atoms with Gasteiger partial charge in [-0.1, -0.05) is 0 Å². The summed E-state index contributed by atoms with van der Waals surface area (Å²) in [4.78, 5) is 21.4. The summed E-state index contributed by atoms with van der Waals surface area (Å²) >= 11 is 0. The minimum absolute atomic E-state index is 0.0149. The van der Waals surface area contributed by atoms with E-state index in [1.807, 2.05) is 0 Å². The summed E-state index contributed by atoms with van der Waals surface area (Å²) in [7, 11) is 0. The zero-order chi connectivity index (χ0) is 8.27. The molecule has 11 heavy (non-hydrogen) atoms. The lowest BCUT2D eigenvalue weighted by Gasteiger charge is -2.05. The molecule has 1 unspecified atom stereocenters. The lowest BCUT2D eigenvalue weighted by atomic mass is 10.1. The second-order valence-corrected chi connectivity index (χ2v) is 2.71. The van der Waals surface area contributed by atoms with Gasteiger partial charge in [0.2, 0.25) is 11.8 Å². The fourth-order valence-electron chi connectivity index (χ4n) is 1.11. The molecule has 0 spiro atoms. The van der Waals surface area contributed by atoms with Gasteiger partial charge in [-0.25, -0.2) is 0 Å². The van der Waals surface area contributed by atoms with Crippen molar-refractivity contribution in [1.29, 1.82) is 0 Å². The third-order valence-electron chi connectivity index (χ3n) is 1.76. The first-order valence-corrected chi connectivity index (χ1v) is 3.72. The smallest absolute Gasteiger partial charge is 0.224 e. The second kappa shape index (κ2) is 3.37. The third-order valence-corrected chi connectivity index (χ3v) is 1.76. The van der Waals surface area contributed by atoms with Crippen molar-refractivity contribution < 1.29 is 9.59 Å². The van der Waals surface area contributed by atoms with Crippen LogP contribution < -0.4 is 10.6 Å². The highest BCUT2D eigenvalue weighted by Gasteiger charge is 2.23. The van der Waals surface area contributed by atoms with Crippen LogP contribution in [0.25, 0.3) is 0 Å². The summed E-state index contributed by atoms with van der Waals surface area (Å²) in [5.74, 6) is -0.0395. The summed E-state index contributed by atoms with van der Waals surface area (Å²) in [5, 5.41) is 5.32. The van der Waals surface area contributed by atoms with Gasteiger partial charge < -0.3 is 10.6 Å². The largest absolute Gasteiger partial charge is 0.356 e. The summed E-state index contributed by atoms with van der Waals surface area (Å²) in [5.41, 5.74) is 0. The van der Waals surface area contributed by atoms with E-state index in [0.717, 1.165) is 13.0 Å². The van der Waals surface area contributed by atoms with Gasteiger partial charge in [-0.15, -0.1) is 0 Å². The van der Waals surface area contributed by atoms with E-state index >= 15 is 0 Å². The minimum Gasteiger partial charge on any atom is -0.356 e. The molecule has 1 aliphatic heterocycles. The summed E-state index contributed by atoms with van der Waals surface area (Å²) in [6.45, 7) is 2.66. The number of rotatable bonds is 2. The number of hydrogen-bond donors (Lipinski definition) is 2. The lowest BCUT2D eigenvalue weighted by molar-refractivity contribution is -0.123. The standard InChI is InChI=1S/C7H12N2O2/c1-5(10)9-4-6-2-3-8-7(6)11/h6H,2-4H2,1H3,(H,8,11)(H,9,10). The van der Waals surface area contributed by atoms with Crippen LogP contribution in [-0.4, -0.2) is 24.9 Å². The van der Waals surface area contributed by atoms with Gasteiger partial charge in [0.1, 0.15) is 0 Å². The molecular formula is C7H12N2O2. The molecule has 0 aromatic rings. The van der Waals surface area contributed by atoms with Crippen LogP contribution >= 0.6 is 0 Å². The van der Waals surface area contributed by atoms with Gasteiger partial charge in [0, 0.05) is 20.0 Å². The number of carbonyl (C=O) groups is 2. The van der Waals surface area contributed by atoms with E-state index in [1.165, 1.54) is 6.92 Å². The average molecular weight is 156 g/mol. The Morgan fingerprint density at radius 1 is 1.82 bits per heavy atom. The summed E-state index contributed by atoms with van der Waals surface area (Å²) in [6, 6.07) is 0. The van der Waals surface area contributed by atoms with E-state index in [2.05, 4.69) is 10.6 Å². The van der Waals surface area contributed by atoms with Gasteiger partial charge in [0.15, 0.2) is 0 Å². The maximum atomic E-state index is 10.9. The summed E-state index contributed by atoms with van der Waals surface area (Å²) in [6.07, 6.45) is 0.832. The Bertz CT molecular complexity index is 179. The van der Waals surface area contributed by atoms with E-state index in [9.17, 15) is 9.59 Å². The zero-order valence-electron chi connectivity index (χ0n) is 6.52. The van der Waals surface area contributed by atoms with Crippen LogP contribution in [0.3, 0.4) is 0 Å². The topological polar surface area (TPSA) is 58.2 Å². The molecule has 0 aliphatic carbocycles. The molecule has 1 rings (SSSR count). The third kappa shape index (κ3) is 2.22. The Kier molecular flexibility index (Phi) is 2.46. The van der Waals surface area contributed by atoms with Crippen molar-refractivity contribution in [3.63, 3.8) is 0 Å². The molecule has 0 bridgehead atoms. The molecule has 4 heteroatoms. The maximum Gasteiger partial charge on any atom is 0.224 e. The second-order valence-electron chi connectivity index (χ2n) is 2.71. The Labute approximate surface area is 65.3 Å². The van der Waals surface area contributed by atoms with Gasteiger partial charge in [0.25, 0.3) is 0 Å². The Balaban J connectivity index is 2.26. The van der Waals surface area contributed by atoms with Crippen molar-refractivity contribution >= 4 is 11.8 Å². The molecular weight excluding hydrogens is 144 g/mol. The predicted octanol–water partition coefficient (Wildman–Crippen LogP) is -0.741. The van der Waals surface area contributed by atoms with Crippen molar-refractivity contribution in [2.24, 2.45) is 5.92 Å². The van der Waals surface area contributed by atoms with Gasteiger partial charge in [-0.2, -0.15) is 0 Å². The maximum absolute atomic E-state index is 10.9. The minimum atomic E-state index is -0.0790. The van der Waals surface area contributed by atoms with Crippen LogP contribution in [0.15, 0.2) is 0 Å². The van der Waals surface area contributed by atoms with Crippen LogP contribution in [0.2, 0.25) is 0 Å². The Morgan fingerprint density at radius 2 is 2.55 bits per heavy atom. The number of hydrogen-bond acceptors (Lipinski definition) is 2. The molecule has 0 aromatic heterocycles. The average Bonchev–Trinajstić information content (AvgIpc) is 2.31. The Hall–Kier alpha value is -1.06. The van der Waals surface area contributed by atoms with Crippen molar-refractivity contribution in [3.8, 4) is 0 Å². The number of carbonyl (C=O) groups excluding carboxylic acids is 2. The fourth-order valence-corrected chi connectivity index (χ4v) is 1.11. The van der Waals surface area contributed by atoms with Crippen molar-refractivity contribution in [2.45, 2.75) is 13.3 Å². The molecule has 1 saturated heterocycles. The molecule has 1 aliphatic rings. The van der Waals surface area contributed by atoms with E-state index in [1.54, 1.807) is 0 Å². The highest BCUT2D eigenvalue weighted by Crippen LogP contribution is 2.06. The lowest BCUT2D eigenvalue weighted by Crippen LogP contribution is -2.31. The molecule has 4 nitrogen and oxygen atoms in total. The summed E-state index contributed by atoms with van der Waals surface area (Å²) < 4.78 is 0. The number of amides is 2. The quantitative estimate of drug-likeness (QED) is 0.553. The molecule has 2 amide bonds. The first-order valence-electron chi connectivity index (χ1n) is 3.72. The van der Waals surface area contributed by atoms with Crippen molar-refractivity contribution in [1.82, 2.24) is 10.6 Å². The van der Waals surface area contributed by atoms with Crippen LogP contribution in [0.4, 0.5) is 0 Å². The van der Waals surface area contributed by atoms with Gasteiger partial charge in [0.05, 0.1) is 5.92 Å². The predicted molar refractivity (Wildman–Crippen MR) is 39.8 cm³/mol. The molecule has 0 aromatic carbocycles. The normalized spacial score (nSPS) is 23.0. The first-order chi connectivity index (χ1) is 5.20. The van der Waals surface area contributed by atoms with Crippen LogP contribution in [0.5, 0.6) is 0 Å². The van der Waals surface area contributed by atoms with Crippen molar-refractivity contribution in [3.05, 3.63) is 0 Å². The van der Waals surface area contributed by atoms with Gasteiger partial charge in [-0.3, -0.25) is 9.59 Å². The van der Waals surface area contributed by atoms with E-state index < -0.39 is 0 Å². The van der Waals surface area contributed by atoms with E-state index in [-0.39, 0.29) is 17.7 Å². The van der Waals surface area contributed by atoms with Crippen LogP contribution in [0.1, 0.15) is 13.3 Å². The monoisotopic (exact) mass is 156 g/mol. The first kappa shape index (κ1) is 8.04. The van der Waals surface area contributed by atoms with Crippen LogP contribution in [0, 0.1) is 5.92 Å².